The highest BCUT2D eigenvalue weighted by Crippen LogP contribution is 2.29. The van der Waals surface area contributed by atoms with Gasteiger partial charge in [0.05, 0.1) is 13.2 Å². The molecule has 0 aliphatic rings. The lowest BCUT2D eigenvalue weighted by atomic mass is 10.1. The summed E-state index contributed by atoms with van der Waals surface area (Å²) < 4.78 is 17.7. The Morgan fingerprint density at radius 1 is 0.800 bits per heavy atom. The molecule has 2 N–H and O–H groups in total. The Morgan fingerprint density at radius 2 is 1.46 bits per heavy atom. The van der Waals surface area contributed by atoms with E-state index in [2.05, 4.69) is 4.99 Å². The molecule has 0 radical (unpaired) electrons. The van der Waals surface area contributed by atoms with Crippen molar-refractivity contribution in [3.05, 3.63) is 84.4 Å². The molecule has 35 heavy (non-hydrogen) atoms. The molecule has 3 aromatic carbocycles. The number of amidine groups is 1. The molecule has 0 unspecified atom stereocenters. The number of nitrogens with two attached hydrogens (primary N) is 1. The molecular weight excluding hydrogens is 436 g/mol. The van der Waals surface area contributed by atoms with Gasteiger partial charge in [-0.25, -0.2) is 0 Å². The van der Waals surface area contributed by atoms with Crippen molar-refractivity contribution in [2.45, 2.75) is 45.6 Å². The minimum atomic E-state index is 0.158. The van der Waals surface area contributed by atoms with E-state index in [1.165, 1.54) is 0 Å². The molecule has 4 aromatic rings. The van der Waals surface area contributed by atoms with E-state index in [1.54, 1.807) is 0 Å². The maximum absolute atomic E-state index is 6.12. The van der Waals surface area contributed by atoms with Crippen molar-refractivity contribution in [3.63, 3.8) is 0 Å². The minimum Gasteiger partial charge on any atom is -0.494 e. The first-order valence-electron chi connectivity index (χ1n) is 12.4. The van der Waals surface area contributed by atoms with Gasteiger partial charge in [-0.05, 0) is 100 Å². The second kappa shape index (κ2) is 12.1. The number of nitrogens with zero attached hydrogens (tertiary/aromatic N) is 1. The number of hydrogen-bond donors (Lipinski definition) is 1. The maximum Gasteiger partial charge on any atom is 0.135 e. The molecule has 1 aromatic heterocycles. The van der Waals surface area contributed by atoms with Crippen molar-refractivity contribution in [2.75, 3.05) is 13.2 Å². The van der Waals surface area contributed by atoms with Crippen LogP contribution in [0.3, 0.4) is 0 Å². The summed E-state index contributed by atoms with van der Waals surface area (Å²) in [5.74, 6) is 3.18. The van der Waals surface area contributed by atoms with Crippen molar-refractivity contribution in [1.82, 2.24) is 0 Å². The van der Waals surface area contributed by atoms with Crippen LogP contribution >= 0.6 is 0 Å². The molecule has 1 heterocycles. The molecule has 0 aliphatic carbocycles. The van der Waals surface area contributed by atoms with Gasteiger partial charge in [0.15, 0.2) is 0 Å². The molecule has 0 amide bonds. The monoisotopic (exact) mass is 470 g/mol. The van der Waals surface area contributed by atoms with E-state index in [1.807, 2.05) is 92.7 Å². The summed E-state index contributed by atoms with van der Waals surface area (Å²) in [7, 11) is 0. The van der Waals surface area contributed by atoms with Gasteiger partial charge in [-0.1, -0.05) is 18.2 Å². The smallest absolute Gasteiger partial charge is 0.135 e. The highest BCUT2D eigenvalue weighted by atomic mass is 16.5. The summed E-state index contributed by atoms with van der Waals surface area (Å²) in [4.78, 5) is 4.43. The predicted molar refractivity (Wildman–Crippen MR) is 143 cm³/mol. The molecule has 182 valence electrons. The topological polar surface area (TPSA) is 70.0 Å². The quantitative estimate of drug-likeness (QED) is 0.135. The number of fused-ring (bicyclic) bond motifs is 1. The summed E-state index contributed by atoms with van der Waals surface area (Å²) in [6, 6.07) is 26.1. The normalized spacial score (nSPS) is 11.8. The average molecular weight is 471 g/mol. The van der Waals surface area contributed by atoms with Crippen LogP contribution < -0.4 is 15.2 Å². The molecule has 0 spiro atoms. The summed E-state index contributed by atoms with van der Waals surface area (Å²) >= 11 is 0. The molecular formula is C30H34N2O3. The van der Waals surface area contributed by atoms with Gasteiger partial charge in [0, 0.05) is 22.6 Å². The lowest BCUT2D eigenvalue weighted by molar-refractivity contribution is 0.287. The summed E-state index contributed by atoms with van der Waals surface area (Å²) in [5.41, 5.74) is 8.87. The SMILES string of the molecule is CC(C)N=C(N)c1ccc2oc(-c3ccc(OCCCCCCOc4ccccc4)cc3)cc2c1. The lowest BCUT2D eigenvalue weighted by Gasteiger charge is -2.07. The summed E-state index contributed by atoms with van der Waals surface area (Å²) in [6.45, 7) is 5.50. The third-order valence-corrected chi connectivity index (χ3v) is 5.67. The van der Waals surface area contributed by atoms with E-state index >= 15 is 0 Å². The molecule has 0 saturated carbocycles. The number of para-hydroxylation sites is 1. The number of furan rings is 1. The van der Waals surface area contributed by atoms with Crippen LogP contribution in [0.25, 0.3) is 22.3 Å². The third kappa shape index (κ3) is 7.12. The van der Waals surface area contributed by atoms with Gasteiger partial charge < -0.3 is 19.6 Å². The van der Waals surface area contributed by atoms with Crippen molar-refractivity contribution in [2.24, 2.45) is 10.7 Å². The van der Waals surface area contributed by atoms with E-state index in [-0.39, 0.29) is 6.04 Å². The van der Waals surface area contributed by atoms with Crippen molar-refractivity contribution in [3.8, 4) is 22.8 Å². The van der Waals surface area contributed by atoms with Crippen molar-refractivity contribution >= 4 is 16.8 Å². The molecule has 0 fully saturated rings. The van der Waals surface area contributed by atoms with Gasteiger partial charge in [0.2, 0.25) is 0 Å². The van der Waals surface area contributed by atoms with Crippen LogP contribution in [0, 0.1) is 0 Å². The number of rotatable bonds is 12. The fourth-order valence-corrected chi connectivity index (χ4v) is 3.87. The van der Waals surface area contributed by atoms with Crippen molar-refractivity contribution < 1.29 is 13.9 Å². The Labute approximate surface area is 207 Å². The van der Waals surface area contributed by atoms with Crippen LogP contribution in [0.15, 0.2) is 88.3 Å². The number of unbranched alkanes of at least 4 members (excludes halogenated alkanes) is 3. The number of aliphatic imine (C=N–C) groups is 1. The first-order valence-corrected chi connectivity index (χ1v) is 12.4. The summed E-state index contributed by atoms with van der Waals surface area (Å²) in [5, 5.41) is 1.01. The first-order chi connectivity index (χ1) is 17.1. The number of ether oxygens (including phenoxy) is 2. The third-order valence-electron chi connectivity index (χ3n) is 5.67. The average Bonchev–Trinajstić information content (AvgIpc) is 3.30. The van der Waals surface area contributed by atoms with E-state index in [4.69, 9.17) is 19.6 Å². The Morgan fingerprint density at radius 3 is 2.11 bits per heavy atom. The maximum atomic E-state index is 6.12. The van der Waals surface area contributed by atoms with Gasteiger partial charge in [-0.3, -0.25) is 4.99 Å². The standard InChI is InChI=1S/C30H34N2O3/c1-22(2)32-30(31)24-14-17-28-25(20-24)21-29(35-28)23-12-15-27(16-13-23)34-19-9-4-3-8-18-33-26-10-6-5-7-11-26/h5-7,10-17,20-22H,3-4,8-9,18-19H2,1-2H3,(H2,31,32). The zero-order chi connectivity index (χ0) is 24.5. The number of hydrogen-bond acceptors (Lipinski definition) is 4. The van der Waals surface area contributed by atoms with Crippen LogP contribution in [-0.2, 0) is 0 Å². The Kier molecular flexibility index (Phi) is 8.44. The van der Waals surface area contributed by atoms with Crippen molar-refractivity contribution in [1.29, 1.82) is 0 Å². The number of benzene rings is 3. The first kappa shape index (κ1) is 24.4. The second-order valence-corrected chi connectivity index (χ2v) is 8.92. The Balaban J connectivity index is 1.22. The van der Waals surface area contributed by atoms with Gasteiger partial charge >= 0.3 is 0 Å². The molecule has 0 aliphatic heterocycles. The van der Waals surface area contributed by atoms with Crippen LogP contribution in [0.2, 0.25) is 0 Å². The minimum absolute atomic E-state index is 0.158. The van der Waals surface area contributed by atoms with E-state index in [0.29, 0.717) is 12.4 Å². The van der Waals surface area contributed by atoms with Gasteiger partial charge in [-0.15, -0.1) is 0 Å². The highest BCUT2D eigenvalue weighted by molar-refractivity contribution is 6.00. The van der Waals surface area contributed by atoms with E-state index in [0.717, 1.165) is 71.6 Å². The van der Waals surface area contributed by atoms with Gasteiger partial charge in [0.25, 0.3) is 0 Å². The zero-order valence-electron chi connectivity index (χ0n) is 20.6. The fraction of sp³-hybridized carbons (Fsp3) is 0.300. The van der Waals surface area contributed by atoms with E-state index in [9.17, 15) is 0 Å². The van der Waals surface area contributed by atoms with E-state index < -0.39 is 0 Å². The molecule has 5 heteroatoms. The summed E-state index contributed by atoms with van der Waals surface area (Å²) in [6.07, 6.45) is 4.35. The fourth-order valence-electron chi connectivity index (χ4n) is 3.87. The highest BCUT2D eigenvalue weighted by Gasteiger charge is 2.09. The largest absolute Gasteiger partial charge is 0.494 e. The lowest BCUT2D eigenvalue weighted by Crippen LogP contribution is -2.15. The zero-order valence-corrected chi connectivity index (χ0v) is 20.6. The van der Waals surface area contributed by atoms with Crippen LogP contribution in [0.5, 0.6) is 11.5 Å². The van der Waals surface area contributed by atoms with Crippen LogP contribution in [-0.4, -0.2) is 25.1 Å². The molecule has 0 atom stereocenters. The Hall–Kier alpha value is -3.73. The van der Waals surface area contributed by atoms with Crippen LogP contribution in [0.1, 0.15) is 45.1 Å². The second-order valence-electron chi connectivity index (χ2n) is 8.92. The molecule has 0 bridgehead atoms. The van der Waals surface area contributed by atoms with Gasteiger partial charge in [-0.2, -0.15) is 0 Å². The Bertz CT molecular complexity index is 1230. The predicted octanol–water partition coefficient (Wildman–Crippen LogP) is 7.23. The molecule has 4 rings (SSSR count). The van der Waals surface area contributed by atoms with Gasteiger partial charge in [0.1, 0.15) is 28.7 Å². The molecule has 5 nitrogen and oxygen atoms in total. The molecule has 0 saturated heterocycles. The van der Waals surface area contributed by atoms with Crippen LogP contribution in [0.4, 0.5) is 0 Å².